The van der Waals surface area contributed by atoms with Gasteiger partial charge in [0.25, 0.3) is 10.0 Å². The minimum atomic E-state index is -3.76. The van der Waals surface area contributed by atoms with Gasteiger partial charge in [-0.05, 0) is 55.3 Å². The van der Waals surface area contributed by atoms with Crippen LogP contribution in [0.2, 0.25) is 5.02 Å². The summed E-state index contributed by atoms with van der Waals surface area (Å²) in [5, 5.41) is 0.375. The quantitative estimate of drug-likeness (QED) is 0.509. The minimum Gasteiger partial charge on any atom is -0.306 e. The summed E-state index contributed by atoms with van der Waals surface area (Å²) in [7, 11) is -3.76. The molecule has 0 spiro atoms. The molecule has 0 aliphatic rings. The van der Waals surface area contributed by atoms with Crippen molar-refractivity contribution in [2.24, 2.45) is 0 Å². The van der Waals surface area contributed by atoms with E-state index in [0.717, 1.165) is 22.5 Å². The Hall–Kier alpha value is -2.83. The third-order valence-electron chi connectivity index (χ3n) is 4.53. The minimum absolute atomic E-state index is 0.161. The fraction of sp³-hybridized carbons (Fsp3) is 0.0952. The smallest absolute Gasteiger partial charge is 0.262 e. The van der Waals surface area contributed by atoms with Crippen molar-refractivity contribution in [2.45, 2.75) is 18.7 Å². The third kappa shape index (κ3) is 3.48. The summed E-state index contributed by atoms with van der Waals surface area (Å²) < 4.78 is 30.2. The summed E-state index contributed by atoms with van der Waals surface area (Å²) in [6.07, 6.45) is 3.87. The maximum Gasteiger partial charge on any atom is 0.262 e. The maximum absolute atomic E-state index is 12.8. The number of imidazole rings is 1. The van der Waals surface area contributed by atoms with E-state index >= 15 is 0 Å². The molecule has 2 aromatic heterocycles. The van der Waals surface area contributed by atoms with Crippen LogP contribution >= 0.6 is 11.6 Å². The number of benzene rings is 2. The molecule has 0 radical (unpaired) electrons. The molecule has 2 aromatic carbocycles. The fourth-order valence-electron chi connectivity index (χ4n) is 3.11. The molecule has 0 bridgehead atoms. The molecule has 28 heavy (non-hydrogen) atoms. The predicted octanol–water partition coefficient (Wildman–Crippen LogP) is 5.07. The lowest BCUT2D eigenvalue weighted by atomic mass is 10.1. The van der Waals surface area contributed by atoms with Crippen molar-refractivity contribution in [3.8, 4) is 11.3 Å². The number of sulfonamides is 1. The molecule has 7 heteroatoms. The molecule has 4 rings (SSSR count). The van der Waals surface area contributed by atoms with Crippen molar-refractivity contribution in [3.05, 3.63) is 83.1 Å². The van der Waals surface area contributed by atoms with Gasteiger partial charge in [0.1, 0.15) is 5.65 Å². The van der Waals surface area contributed by atoms with Crippen LogP contribution in [0.4, 0.5) is 5.69 Å². The Morgan fingerprint density at radius 3 is 2.61 bits per heavy atom. The average Bonchev–Trinajstić information content (AvgIpc) is 3.09. The normalized spacial score (nSPS) is 11.7. The lowest BCUT2D eigenvalue weighted by Crippen LogP contribution is -2.14. The number of fused-ring (bicyclic) bond motifs is 1. The molecule has 0 fully saturated rings. The van der Waals surface area contributed by atoms with Gasteiger partial charge in [0.05, 0.1) is 10.6 Å². The number of hydrogen-bond acceptors (Lipinski definition) is 3. The number of anilines is 1. The highest BCUT2D eigenvalue weighted by molar-refractivity contribution is 7.92. The van der Waals surface area contributed by atoms with E-state index in [9.17, 15) is 8.42 Å². The standard InChI is InChI=1S/C21H18ClN3O2S/c1-14-8-9-17(22)12-20(14)28(26,27)24-18-7-3-6-16(11-18)19-13-25-10-4-5-15(2)21(25)23-19/h3-13,24H,1-2H3. The second-order valence-corrected chi connectivity index (χ2v) is 8.73. The number of rotatable bonds is 4. The monoisotopic (exact) mass is 411 g/mol. The first kappa shape index (κ1) is 18.5. The number of halogens is 1. The lowest BCUT2D eigenvalue weighted by molar-refractivity contribution is 0.600. The molecule has 1 N–H and O–H groups in total. The molecule has 0 atom stereocenters. The van der Waals surface area contributed by atoms with E-state index in [1.54, 1.807) is 37.3 Å². The average molecular weight is 412 g/mol. The molecule has 0 saturated carbocycles. The number of aryl methyl sites for hydroxylation is 2. The van der Waals surface area contributed by atoms with Crippen LogP contribution in [-0.2, 0) is 10.0 Å². The first-order valence-electron chi connectivity index (χ1n) is 8.67. The first-order valence-corrected chi connectivity index (χ1v) is 10.5. The molecule has 2 heterocycles. The number of aromatic nitrogens is 2. The summed E-state index contributed by atoms with van der Waals surface area (Å²) in [5.74, 6) is 0. The maximum atomic E-state index is 12.8. The summed E-state index contributed by atoms with van der Waals surface area (Å²) in [6.45, 7) is 3.74. The highest BCUT2D eigenvalue weighted by atomic mass is 35.5. The molecule has 0 saturated heterocycles. The lowest BCUT2D eigenvalue weighted by Gasteiger charge is -2.11. The molecule has 0 aliphatic carbocycles. The van der Waals surface area contributed by atoms with E-state index in [0.29, 0.717) is 16.3 Å². The van der Waals surface area contributed by atoms with Crippen molar-refractivity contribution >= 4 is 33.0 Å². The van der Waals surface area contributed by atoms with E-state index in [1.165, 1.54) is 6.07 Å². The molecule has 0 aliphatic heterocycles. The van der Waals surface area contributed by atoms with Crippen LogP contribution in [0.3, 0.4) is 0 Å². The van der Waals surface area contributed by atoms with Gasteiger partial charge in [0.2, 0.25) is 0 Å². The molecular weight excluding hydrogens is 394 g/mol. The van der Waals surface area contributed by atoms with Crippen LogP contribution in [-0.4, -0.2) is 17.8 Å². The van der Waals surface area contributed by atoms with Gasteiger partial charge in [-0.15, -0.1) is 0 Å². The topological polar surface area (TPSA) is 63.5 Å². The summed E-state index contributed by atoms with van der Waals surface area (Å²) in [4.78, 5) is 4.83. The van der Waals surface area contributed by atoms with Gasteiger partial charge < -0.3 is 4.40 Å². The molecule has 4 aromatic rings. The Bertz CT molecular complexity index is 1300. The zero-order valence-electron chi connectivity index (χ0n) is 15.3. The van der Waals surface area contributed by atoms with Gasteiger partial charge in [-0.2, -0.15) is 0 Å². The van der Waals surface area contributed by atoms with Gasteiger partial charge >= 0.3 is 0 Å². The van der Waals surface area contributed by atoms with Crippen molar-refractivity contribution in [3.63, 3.8) is 0 Å². The largest absolute Gasteiger partial charge is 0.306 e. The molecule has 5 nitrogen and oxygen atoms in total. The van der Waals surface area contributed by atoms with Crippen LogP contribution in [0, 0.1) is 13.8 Å². The zero-order chi connectivity index (χ0) is 19.9. The molecule has 142 valence electrons. The summed E-state index contributed by atoms with van der Waals surface area (Å²) in [5.41, 5.74) is 4.63. The second kappa shape index (κ2) is 6.96. The van der Waals surface area contributed by atoms with Crippen LogP contribution in [0.1, 0.15) is 11.1 Å². The van der Waals surface area contributed by atoms with Crippen molar-refractivity contribution in [1.29, 1.82) is 0 Å². The summed E-state index contributed by atoms with van der Waals surface area (Å²) >= 11 is 5.98. The summed E-state index contributed by atoms with van der Waals surface area (Å²) in [6, 6.07) is 16.0. The van der Waals surface area contributed by atoms with Crippen LogP contribution in [0.25, 0.3) is 16.9 Å². The van der Waals surface area contributed by atoms with E-state index in [-0.39, 0.29) is 4.90 Å². The number of nitrogens with one attached hydrogen (secondary N) is 1. The van der Waals surface area contributed by atoms with E-state index < -0.39 is 10.0 Å². The van der Waals surface area contributed by atoms with Gasteiger partial charge in [-0.3, -0.25) is 4.72 Å². The Morgan fingerprint density at radius 1 is 1.00 bits per heavy atom. The Morgan fingerprint density at radius 2 is 1.82 bits per heavy atom. The fourth-order valence-corrected chi connectivity index (χ4v) is 4.67. The van der Waals surface area contributed by atoms with E-state index in [4.69, 9.17) is 11.6 Å². The van der Waals surface area contributed by atoms with Crippen molar-refractivity contribution in [1.82, 2.24) is 9.38 Å². The highest BCUT2D eigenvalue weighted by Crippen LogP contribution is 2.26. The molecule has 0 unspecified atom stereocenters. The number of hydrogen-bond donors (Lipinski definition) is 1. The van der Waals surface area contributed by atoms with E-state index in [2.05, 4.69) is 9.71 Å². The van der Waals surface area contributed by atoms with Crippen LogP contribution in [0.15, 0.2) is 71.9 Å². The number of nitrogens with zero attached hydrogens (tertiary/aromatic N) is 2. The van der Waals surface area contributed by atoms with Gasteiger partial charge in [-0.1, -0.05) is 35.9 Å². The Labute approximate surface area is 168 Å². The van der Waals surface area contributed by atoms with Gasteiger partial charge in [-0.25, -0.2) is 13.4 Å². The van der Waals surface area contributed by atoms with Crippen molar-refractivity contribution in [2.75, 3.05) is 4.72 Å². The van der Waals surface area contributed by atoms with Gasteiger partial charge in [0.15, 0.2) is 0 Å². The zero-order valence-corrected chi connectivity index (χ0v) is 16.9. The van der Waals surface area contributed by atoms with Crippen LogP contribution in [0.5, 0.6) is 0 Å². The van der Waals surface area contributed by atoms with Gasteiger partial charge in [0, 0.05) is 28.7 Å². The van der Waals surface area contributed by atoms with E-state index in [1.807, 2.05) is 41.9 Å². The Kier molecular flexibility index (Phi) is 4.61. The molecule has 0 amide bonds. The number of pyridine rings is 1. The molecular formula is C21H18ClN3O2S. The Balaban J connectivity index is 1.70. The second-order valence-electron chi connectivity index (χ2n) is 6.64. The SMILES string of the molecule is Cc1ccc(Cl)cc1S(=O)(=O)Nc1cccc(-c2cn3cccc(C)c3n2)c1. The highest BCUT2D eigenvalue weighted by Gasteiger charge is 2.18. The third-order valence-corrected chi connectivity index (χ3v) is 6.29. The predicted molar refractivity (Wildman–Crippen MR) is 112 cm³/mol. The van der Waals surface area contributed by atoms with Crippen LogP contribution < -0.4 is 4.72 Å². The van der Waals surface area contributed by atoms with Crippen molar-refractivity contribution < 1.29 is 8.42 Å². The first-order chi connectivity index (χ1) is 13.3.